The smallest absolute Gasteiger partial charge is 0.317 e. The standard InChI is InChI=1S/C18H22N2O/c21-18(20-12-5-1-2-6-13-20)19-14-16-10-7-9-15-8-3-4-11-17(15)16/h3-4,7-11H,1-2,5-6,12-14H2,(H,19,21). The zero-order chi connectivity index (χ0) is 14.5. The minimum atomic E-state index is 0.0739. The van der Waals surface area contributed by atoms with E-state index in [2.05, 4.69) is 35.6 Å². The van der Waals surface area contributed by atoms with Crippen molar-refractivity contribution in [1.82, 2.24) is 10.2 Å². The van der Waals surface area contributed by atoms with Crippen molar-refractivity contribution >= 4 is 16.8 Å². The van der Waals surface area contributed by atoms with Gasteiger partial charge < -0.3 is 10.2 Å². The molecule has 0 atom stereocenters. The SMILES string of the molecule is O=C(NCc1cccc2ccccc12)N1CCCCCC1. The van der Waals surface area contributed by atoms with E-state index in [1.54, 1.807) is 0 Å². The quantitative estimate of drug-likeness (QED) is 0.889. The monoisotopic (exact) mass is 282 g/mol. The molecule has 3 nitrogen and oxygen atoms in total. The topological polar surface area (TPSA) is 32.3 Å². The first-order valence-corrected chi connectivity index (χ1v) is 7.84. The van der Waals surface area contributed by atoms with Crippen LogP contribution in [0.3, 0.4) is 0 Å². The van der Waals surface area contributed by atoms with E-state index in [9.17, 15) is 4.79 Å². The molecule has 2 aromatic rings. The van der Waals surface area contributed by atoms with E-state index in [4.69, 9.17) is 0 Å². The summed E-state index contributed by atoms with van der Waals surface area (Å²) in [7, 11) is 0. The van der Waals surface area contributed by atoms with Gasteiger partial charge in [-0.25, -0.2) is 4.79 Å². The van der Waals surface area contributed by atoms with E-state index in [0.29, 0.717) is 6.54 Å². The minimum Gasteiger partial charge on any atom is -0.334 e. The lowest BCUT2D eigenvalue weighted by atomic mass is 10.0. The number of carbonyl (C=O) groups excluding carboxylic acids is 1. The number of urea groups is 1. The summed E-state index contributed by atoms with van der Waals surface area (Å²) in [5, 5.41) is 5.52. The second-order valence-corrected chi connectivity index (χ2v) is 5.70. The second kappa shape index (κ2) is 6.61. The summed E-state index contributed by atoms with van der Waals surface area (Å²) in [5.74, 6) is 0. The summed E-state index contributed by atoms with van der Waals surface area (Å²) in [4.78, 5) is 14.2. The minimum absolute atomic E-state index is 0.0739. The summed E-state index contributed by atoms with van der Waals surface area (Å²) in [6.07, 6.45) is 4.74. The van der Waals surface area contributed by atoms with Crippen LogP contribution >= 0.6 is 0 Å². The molecule has 2 aromatic carbocycles. The van der Waals surface area contributed by atoms with E-state index < -0.39 is 0 Å². The van der Waals surface area contributed by atoms with E-state index in [1.165, 1.54) is 29.2 Å². The summed E-state index contributed by atoms with van der Waals surface area (Å²) < 4.78 is 0. The fourth-order valence-electron chi connectivity index (χ4n) is 3.00. The Balaban J connectivity index is 1.67. The van der Waals surface area contributed by atoms with Crippen LogP contribution in [0, 0.1) is 0 Å². The summed E-state index contributed by atoms with van der Waals surface area (Å²) in [6, 6.07) is 14.6. The Kier molecular flexibility index (Phi) is 4.39. The van der Waals surface area contributed by atoms with Crippen LogP contribution in [0.5, 0.6) is 0 Å². The molecule has 1 N–H and O–H groups in total. The zero-order valence-corrected chi connectivity index (χ0v) is 12.3. The number of likely N-dealkylation sites (tertiary alicyclic amines) is 1. The molecule has 1 heterocycles. The van der Waals surface area contributed by atoms with Crippen molar-refractivity contribution in [2.45, 2.75) is 32.2 Å². The molecule has 0 radical (unpaired) electrons. The molecule has 21 heavy (non-hydrogen) atoms. The molecule has 0 saturated carbocycles. The number of hydrogen-bond donors (Lipinski definition) is 1. The maximum Gasteiger partial charge on any atom is 0.317 e. The maximum absolute atomic E-state index is 12.3. The molecule has 1 aliphatic heterocycles. The first kappa shape index (κ1) is 13.9. The first-order chi connectivity index (χ1) is 10.3. The van der Waals surface area contributed by atoms with E-state index >= 15 is 0 Å². The predicted molar refractivity (Wildman–Crippen MR) is 86.2 cm³/mol. The molecule has 2 amide bonds. The second-order valence-electron chi connectivity index (χ2n) is 5.70. The zero-order valence-electron chi connectivity index (χ0n) is 12.3. The Hall–Kier alpha value is -2.03. The number of nitrogens with zero attached hydrogens (tertiary/aromatic N) is 1. The normalized spacial score (nSPS) is 15.7. The number of fused-ring (bicyclic) bond motifs is 1. The van der Waals surface area contributed by atoms with Gasteiger partial charge in [-0.05, 0) is 29.2 Å². The molecular formula is C18H22N2O. The maximum atomic E-state index is 12.3. The molecule has 0 bridgehead atoms. The average molecular weight is 282 g/mol. The van der Waals surface area contributed by atoms with Gasteiger partial charge >= 0.3 is 6.03 Å². The molecule has 3 heteroatoms. The summed E-state index contributed by atoms with van der Waals surface area (Å²) >= 11 is 0. The molecule has 0 unspecified atom stereocenters. The molecule has 1 aliphatic rings. The molecule has 0 aromatic heterocycles. The number of amides is 2. The molecule has 1 saturated heterocycles. The molecule has 1 fully saturated rings. The Labute approximate surface area is 125 Å². The van der Waals surface area contributed by atoms with Gasteiger partial charge in [0.15, 0.2) is 0 Å². The van der Waals surface area contributed by atoms with Crippen LogP contribution in [-0.4, -0.2) is 24.0 Å². The van der Waals surface area contributed by atoms with Gasteiger partial charge in [0.25, 0.3) is 0 Å². The fourth-order valence-corrected chi connectivity index (χ4v) is 3.00. The van der Waals surface area contributed by atoms with E-state index in [0.717, 1.165) is 25.9 Å². The third-order valence-corrected chi connectivity index (χ3v) is 4.20. The van der Waals surface area contributed by atoms with Gasteiger partial charge in [-0.2, -0.15) is 0 Å². The third-order valence-electron chi connectivity index (χ3n) is 4.20. The number of nitrogens with one attached hydrogen (secondary N) is 1. The van der Waals surface area contributed by atoms with Gasteiger partial charge in [0.2, 0.25) is 0 Å². The Bertz CT molecular complexity index is 610. The highest BCUT2D eigenvalue weighted by Gasteiger charge is 2.15. The lowest BCUT2D eigenvalue weighted by Crippen LogP contribution is -2.40. The van der Waals surface area contributed by atoms with Crippen molar-refractivity contribution in [3.05, 3.63) is 48.0 Å². The first-order valence-electron chi connectivity index (χ1n) is 7.84. The molecular weight excluding hydrogens is 260 g/mol. The van der Waals surface area contributed by atoms with Crippen LogP contribution in [0.25, 0.3) is 10.8 Å². The molecule has 110 valence electrons. The van der Waals surface area contributed by atoms with Crippen LogP contribution in [-0.2, 0) is 6.54 Å². The summed E-state index contributed by atoms with van der Waals surface area (Å²) in [6.45, 7) is 2.37. The lowest BCUT2D eigenvalue weighted by Gasteiger charge is -2.21. The van der Waals surface area contributed by atoms with E-state index in [1.807, 2.05) is 17.0 Å². The number of carbonyl (C=O) groups is 1. The number of hydrogen-bond acceptors (Lipinski definition) is 1. The van der Waals surface area contributed by atoms with Crippen LogP contribution < -0.4 is 5.32 Å². The highest BCUT2D eigenvalue weighted by Crippen LogP contribution is 2.18. The van der Waals surface area contributed by atoms with Gasteiger partial charge in [-0.3, -0.25) is 0 Å². The van der Waals surface area contributed by atoms with Crippen LogP contribution in [0.4, 0.5) is 4.79 Å². The predicted octanol–water partition coefficient (Wildman–Crippen LogP) is 3.93. The number of rotatable bonds is 2. The average Bonchev–Trinajstić information content (AvgIpc) is 2.82. The molecule has 0 spiro atoms. The van der Waals surface area contributed by atoms with Gasteiger partial charge in [0.1, 0.15) is 0 Å². The molecule has 3 rings (SSSR count). The Morgan fingerprint density at radius 2 is 1.67 bits per heavy atom. The van der Waals surface area contributed by atoms with E-state index in [-0.39, 0.29) is 6.03 Å². The molecule has 0 aliphatic carbocycles. The largest absolute Gasteiger partial charge is 0.334 e. The van der Waals surface area contributed by atoms with Crippen LogP contribution in [0.15, 0.2) is 42.5 Å². The van der Waals surface area contributed by atoms with Crippen LogP contribution in [0.1, 0.15) is 31.2 Å². The fraction of sp³-hybridized carbons (Fsp3) is 0.389. The van der Waals surface area contributed by atoms with Crippen LogP contribution in [0.2, 0.25) is 0 Å². The van der Waals surface area contributed by atoms with Crippen molar-refractivity contribution in [1.29, 1.82) is 0 Å². The van der Waals surface area contributed by atoms with Crippen molar-refractivity contribution < 1.29 is 4.79 Å². The van der Waals surface area contributed by atoms with Gasteiger partial charge in [0.05, 0.1) is 0 Å². The highest BCUT2D eigenvalue weighted by atomic mass is 16.2. The highest BCUT2D eigenvalue weighted by molar-refractivity contribution is 5.86. The Morgan fingerprint density at radius 1 is 0.952 bits per heavy atom. The number of benzene rings is 2. The van der Waals surface area contributed by atoms with Crippen molar-refractivity contribution in [3.8, 4) is 0 Å². The third kappa shape index (κ3) is 3.35. The van der Waals surface area contributed by atoms with Crippen molar-refractivity contribution in [2.75, 3.05) is 13.1 Å². The Morgan fingerprint density at radius 3 is 2.48 bits per heavy atom. The lowest BCUT2D eigenvalue weighted by molar-refractivity contribution is 0.199. The van der Waals surface area contributed by atoms with Crippen molar-refractivity contribution in [2.24, 2.45) is 0 Å². The van der Waals surface area contributed by atoms with Gasteiger partial charge in [-0.15, -0.1) is 0 Å². The summed E-state index contributed by atoms with van der Waals surface area (Å²) in [5.41, 5.74) is 1.18. The van der Waals surface area contributed by atoms with Crippen molar-refractivity contribution in [3.63, 3.8) is 0 Å². The van der Waals surface area contributed by atoms with Gasteiger partial charge in [-0.1, -0.05) is 55.3 Å². The van der Waals surface area contributed by atoms with Gasteiger partial charge in [0, 0.05) is 19.6 Å².